The number of nitrogens with zero attached hydrogens (tertiary/aromatic N) is 1. The number of carboxylic acid groups (broad SMARTS) is 1. The highest BCUT2D eigenvalue weighted by molar-refractivity contribution is 9.10. The van der Waals surface area contributed by atoms with Gasteiger partial charge in [-0.2, -0.15) is 0 Å². The highest BCUT2D eigenvalue weighted by atomic mass is 79.9. The van der Waals surface area contributed by atoms with Gasteiger partial charge in [-0.1, -0.05) is 0 Å². The van der Waals surface area contributed by atoms with Crippen molar-refractivity contribution in [1.82, 2.24) is 4.98 Å². The molecule has 0 saturated carbocycles. The number of aromatic nitrogens is 1. The van der Waals surface area contributed by atoms with Gasteiger partial charge < -0.3 is 9.52 Å². The summed E-state index contributed by atoms with van der Waals surface area (Å²) in [6.45, 7) is 0. The van der Waals surface area contributed by atoms with Gasteiger partial charge in [-0.3, -0.25) is 0 Å². The predicted molar refractivity (Wildman–Crippen MR) is 48.7 cm³/mol. The van der Waals surface area contributed by atoms with Crippen LogP contribution in [0.3, 0.4) is 0 Å². The summed E-state index contributed by atoms with van der Waals surface area (Å²) in [5, 5.41) is 9.34. The third-order valence-corrected chi connectivity index (χ3v) is 1.98. The second-order valence-corrected chi connectivity index (χ2v) is 3.26. The lowest BCUT2D eigenvalue weighted by Crippen LogP contribution is -1.95. The van der Waals surface area contributed by atoms with Gasteiger partial charge in [0.2, 0.25) is 5.71 Å². The van der Waals surface area contributed by atoms with Gasteiger partial charge in [-0.25, -0.2) is 9.78 Å². The number of rotatable bonds is 1. The lowest BCUT2D eigenvalue weighted by molar-refractivity contribution is 0.0696. The number of furan rings is 1. The Balaban J connectivity index is 2.67. The van der Waals surface area contributed by atoms with E-state index >= 15 is 0 Å². The van der Waals surface area contributed by atoms with Crippen LogP contribution in [-0.4, -0.2) is 16.1 Å². The Bertz CT molecular complexity index is 477. The van der Waals surface area contributed by atoms with Crippen molar-refractivity contribution in [3.8, 4) is 0 Å². The summed E-state index contributed by atoms with van der Waals surface area (Å²) in [7, 11) is 0. The Morgan fingerprint density at radius 3 is 3.00 bits per heavy atom. The minimum absolute atomic E-state index is 0.154. The second kappa shape index (κ2) is 2.85. The first-order chi connectivity index (χ1) is 6.16. The number of aromatic carboxylic acids is 1. The van der Waals surface area contributed by atoms with E-state index in [4.69, 9.17) is 9.52 Å². The molecule has 2 aromatic rings. The Morgan fingerprint density at radius 1 is 1.54 bits per heavy atom. The fourth-order valence-corrected chi connectivity index (χ4v) is 1.42. The largest absolute Gasteiger partial charge is 0.478 e. The van der Waals surface area contributed by atoms with Crippen LogP contribution < -0.4 is 0 Å². The molecule has 0 aliphatic carbocycles. The molecule has 0 aliphatic heterocycles. The number of carbonyl (C=O) groups is 1. The van der Waals surface area contributed by atoms with Crippen molar-refractivity contribution >= 4 is 33.0 Å². The minimum atomic E-state index is -0.994. The monoisotopic (exact) mass is 241 g/mol. The maximum Gasteiger partial charge on any atom is 0.337 e. The van der Waals surface area contributed by atoms with Gasteiger partial charge in [0.1, 0.15) is 0 Å². The summed E-state index contributed by atoms with van der Waals surface area (Å²) < 4.78 is 5.65. The number of hydrogen-bond acceptors (Lipinski definition) is 3. The van der Waals surface area contributed by atoms with Gasteiger partial charge in [-0.15, -0.1) is 0 Å². The summed E-state index contributed by atoms with van der Waals surface area (Å²) in [5.74, 6) is -0.994. The molecule has 0 radical (unpaired) electrons. The van der Waals surface area contributed by atoms with E-state index in [1.807, 2.05) is 0 Å². The Kier molecular flexibility index (Phi) is 1.81. The molecule has 0 saturated heterocycles. The quantitative estimate of drug-likeness (QED) is 0.833. The molecule has 0 aliphatic rings. The molecule has 0 atom stereocenters. The fourth-order valence-electron chi connectivity index (χ4n) is 1.02. The van der Waals surface area contributed by atoms with Crippen molar-refractivity contribution in [3.63, 3.8) is 0 Å². The normalized spacial score (nSPS) is 10.5. The van der Waals surface area contributed by atoms with Gasteiger partial charge in [0.15, 0.2) is 4.67 Å². The predicted octanol–water partition coefficient (Wildman–Crippen LogP) is 2.29. The molecule has 0 unspecified atom stereocenters. The molecule has 2 rings (SSSR count). The van der Waals surface area contributed by atoms with Gasteiger partial charge in [0.25, 0.3) is 0 Å². The summed E-state index contributed by atoms with van der Waals surface area (Å²) >= 11 is 3.13. The fraction of sp³-hybridized carbons (Fsp3) is 0. The van der Waals surface area contributed by atoms with Crippen molar-refractivity contribution in [3.05, 3.63) is 28.6 Å². The molecule has 2 heterocycles. The molecular weight excluding hydrogens is 238 g/mol. The van der Waals surface area contributed by atoms with Gasteiger partial charge >= 0.3 is 5.97 Å². The lowest BCUT2D eigenvalue weighted by atomic mass is 10.2. The standard InChI is InChI=1S/C8H4BrNO3/c9-6-2-4-1-5(8(11)12)3-10-7(4)13-6/h1-3H,(H,11,12). The molecule has 0 aromatic carbocycles. The van der Waals surface area contributed by atoms with Crippen LogP contribution in [0.5, 0.6) is 0 Å². The molecule has 2 aromatic heterocycles. The second-order valence-electron chi connectivity index (χ2n) is 2.47. The van der Waals surface area contributed by atoms with E-state index in [0.29, 0.717) is 15.8 Å². The average Bonchev–Trinajstić information content (AvgIpc) is 2.42. The third-order valence-electron chi connectivity index (χ3n) is 1.59. The van der Waals surface area contributed by atoms with Crippen molar-refractivity contribution in [2.75, 3.05) is 0 Å². The first-order valence-electron chi connectivity index (χ1n) is 3.45. The van der Waals surface area contributed by atoms with E-state index in [1.54, 1.807) is 6.07 Å². The highest BCUT2D eigenvalue weighted by Gasteiger charge is 2.07. The van der Waals surface area contributed by atoms with E-state index in [1.165, 1.54) is 12.3 Å². The number of halogens is 1. The zero-order valence-corrected chi connectivity index (χ0v) is 7.91. The Morgan fingerprint density at radius 2 is 2.31 bits per heavy atom. The van der Waals surface area contributed by atoms with Crippen LogP contribution in [-0.2, 0) is 0 Å². The van der Waals surface area contributed by atoms with Gasteiger partial charge in [0.05, 0.1) is 5.56 Å². The summed E-state index contributed by atoms with van der Waals surface area (Å²) in [6, 6.07) is 3.19. The summed E-state index contributed by atoms with van der Waals surface area (Å²) in [5.41, 5.74) is 0.581. The number of carboxylic acids is 1. The zero-order valence-electron chi connectivity index (χ0n) is 6.32. The Hall–Kier alpha value is -1.36. The van der Waals surface area contributed by atoms with Crippen molar-refractivity contribution in [2.24, 2.45) is 0 Å². The minimum Gasteiger partial charge on any atom is -0.478 e. The topological polar surface area (TPSA) is 63.3 Å². The lowest BCUT2D eigenvalue weighted by Gasteiger charge is -1.91. The van der Waals surface area contributed by atoms with Gasteiger partial charge in [0, 0.05) is 17.6 Å². The highest BCUT2D eigenvalue weighted by Crippen LogP contribution is 2.22. The smallest absolute Gasteiger partial charge is 0.337 e. The van der Waals surface area contributed by atoms with Crippen LogP contribution in [0.2, 0.25) is 0 Å². The van der Waals surface area contributed by atoms with Crippen LogP contribution in [0.15, 0.2) is 27.4 Å². The summed E-state index contributed by atoms with van der Waals surface area (Å²) in [4.78, 5) is 14.4. The van der Waals surface area contributed by atoms with E-state index in [9.17, 15) is 4.79 Å². The number of pyridine rings is 1. The molecule has 0 amide bonds. The van der Waals surface area contributed by atoms with E-state index in [0.717, 1.165) is 0 Å². The van der Waals surface area contributed by atoms with E-state index in [-0.39, 0.29) is 5.56 Å². The van der Waals surface area contributed by atoms with Crippen LogP contribution in [0.4, 0.5) is 0 Å². The first kappa shape index (κ1) is 8.25. The number of hydrogen-bond donors (Lipinski definition) is 1. The third kappa shape index (κ3) is 1.42. The molecule has 0 fully saturated rings. The van der Waals surface area contributed by atoms with Crippen LogP contribution in [0, 0.1) is 0 Å². The SMILES string of the molecule is O=C(O)c1cnc2oc(Br)cc2c1. The van der Waals surface area contributed by atoms with Crippen LogP contribution in [0.1, 0.15) is 10.4 Å². The van der Waals surface area contributed by atoms with Crippen molar-refractivity contribution in [2.45, 2.75) is 0 Å². The Labute approximate surface area is 81.3 Å². The zero-order chi connectivity index (χ0) is 9.42. The molecule has 4 nitrogen and oxygen atoms in total. The molecule has 13 heavy (non-hydrogen) atoms. The molecule has 5 heteroatoms. The molecule has 66 valence electrons. The maximum absolute atomic E-state index is 10.6. The van der Waals surface area contributed by atoms with Gasteiger partial charge in [-0.05, 0) is 22.0 Å². The van der Waals surface area contributed by atoms with Crippen LogP contribution in [0.25, 0.3) is 11.1 Å². The first-order valence-corrected chi connectivity index (χ1v) is 4.24. The molecule has 0 spiro atoms. The van der Waals surface area contributed by atoms with Crippen molar-refractivity contribution < 1.29 is 14.3 Å². The van der Waals surface area contributed by atoms with Crippen molar-refractivity contribution in [1.29, 1.82) is 0 Å². The average molecular weight is 242 g/mol. The van der Waals surface area contributed by atoms with Crippen LogP contribution >= 0.6 is 15.9 Å². The number of fused-ring (bicyclic) bond motifs is 1. The molecule has 1 N–H and O–H groups in total. The molecular formula is C8H4BrNO3. The maximum atomic E-state index is 10.6. The van der Waals surface area contributed by atoms with E-state index in [2.05, 4.69) is 20.9 Å². The summed E-state index contributed by atoms with van der Waals surface area (Å²) in [6.07, 6.45) is 1.26. The van der Waals surface area contributed by atoms with E-state index < -0.39 is 5.97 Å². The molecule has 0 bridgehead atoms.